The van der Waals surface area contributed by atoms with E-state index in [1.807, 2.05) is 0 Å². The zero-order chi connectivity index (χ0) is 11.1. The molecule has 1 fully saturated rings. The van der Waals surface area contributed by atoms with E-state index in [-0.39, 0.29) is 0 Å². The molecule has 0 N–H and O–H groups in total. The normalized spacial score (nSPS) is 22.0. The molecule has 2 unspecified atom stereocenters. The molecule has 1 rings (SSSR count). The fourth-order valence-corrected chi connectivity index (χ4v) is 2.51. The van der Waals surface area contributed by atoms with Gasteiger partial charge in [-0.25, -0.2) is 0 Å². The SMILES string of the molecule is CCC(CC[Si](OC)OC)OCC1CO1. The highest BCUT2D eigenvalue weighted by molar-refractivity contribution is 6.44. The van der Waals surface area contributed by atoms with Gasteiger partial charge >= 0.3 is 9.28 Å². The molecule has 1 radical (unpaired) electrons. The van der Waals surface area contributed by atoms with Crippen LogP contribution in [0.1, 0.15) is 19.8 Å². The molecule has 0 aromatic heterocycles. The summed E-state index contributed by atoms with van der Waals surface area (Å²) in [6.07, 6.45) is 2.72. The van der Waals surface area contributed by atoms with Crippen LogP contribution < -0.4 is 0 Å². The Labute approximate surface area is 93.7 Å². The third-order valence-electron chi connectivity index (χ3n) is 2.50. The second-order valence-corrected chi connectivity index (χ2v) is 5.70. The van der Waals surface area contributed by atoms with Gasteiger partial charge in [0.05, 0.1) is 19.3 Å². The van der Waals surface area contributed by atoms with Gasteiger partial charge in [-0.05, 0) is 18.9 Å². The monoisotopic (exact) mass is 233 g/mol. The molecular weight excluding hydrogens is 212 g/mol. The average Bonchev–Trinajstić information content (AvgIpc) is 3.07. The van der Waals surface area contributed by atoms with Crippen LogP contribution in [0.5, 0.6) is 0 Å². The van der Waals surface area contributed by atoms with E-state index < -0.39 is 9.28 Å². The summed E-state index contributed by atoms with van der Waals surface area (Å²) in [6.45, 7) is 3.74. The van der Waals surface area contributed by atoms with Crippen LogP contribution in [0.25, 0.3) is 0 Å². The fraction of sp³-hybridized carbons (Fsp3) is 1.00. The number of epoxide rings is 1. The zero-order valence-corrected chi connectivity index (χ0v) is 10.8. The van der Waals surface area contributed by atoms with Crippen molar-refractivity contribution in [3.05, 3.63) is 0 Å². The van der Waals surface area contributed by atoms with Gasteiger partial charge in [0.15, 0.2) is 0 Å². The van der Waals surface area contributed by atoms with E-state index >= 15 is 0 Å². The Balaban J connectivity index is 2.08. The molecule has 0 aliphatic carbocycles. The first-order chi connectivity index (χ1) is 7.30. The Morgan fingerprint density at radius 3 is 2.53 bits per heavy atom. The molecule has 89 valence electrons. The molecule has 5 heteroatoms. The minimum absolute atomic E-state index is 0.319. The minimum atomic E-state index is -1.06. The molecule has 4 nitrogen and oxygen atoms in total. The third-order valence-corrected chi connectivity index (χ3v) is 4.11. The summed E-state index contributed by atoms with van der Waals surface area (Å²) >= 11 is 0. The Kier molecular flexibility index (Phi) is 6.43. The standard InChI is InChI=1S/C10H21O4Si/c1-4-9(13-7-10-8-14-10)5-6-15(11-2)12-3/h9-10H,4-8H2,1-3H3. The topological polar surface area (TPSA) is 40.2 Å². The molecule has 15 heavy (non-hydrogen) atoms. The van der Waals surface area contributed by atoms with Crippen LogP contribution in [0.4, 0.5) is 0 Å². The summed E-state index contributed by atoms with van der Waals surface area (Å²) in [5, 5.41) is 0. The number of hydrogen-bond donors (Lipinski definition) is 0. The van der Waals surface area contributed by atoms with E-state index in [0.717, 1.165) is 32.1 Å². The molecule has 1 saturated heterocycles. The van der Waals surface area contributed by atoms with E-state index in [2.05, 4.69) is 6.92 Å². The Hall–Kier alpha value is 0.0569. The smallest absolute Gasteiger partial charge is 0.384 e. The van der Waals surface area contributed by atoms with Crippen LogP contribution >= 0.6 is 0 Å². The molecule has 1 heterocycles. The minimum Gasteiger partial charge on any atom is -0.397 e. The largest absolute Gasteiger partial charge is 0.397 e. The lowest BCUT2D eigenvalue weighted by atomic mass is 10.2. The van der Waals surface area contributed by atoms with Crippen LogP contribution in [0, 0.1) is 0 Å². The van der Waals surface area contributed by atoms with Gasteiger partial charge in [0.1, 0.15) is 6.10 Å². The quantitative estimate of drug-likeness (QED) is 0.445. The highest BCUT2D eigenvalue weighted by atomic mass is 28.3. The van der Waals surface area contributed by atoms with Crippen LogP contribution in [0.15, 0.2) is 0 Å². The predicted octanol–water partition coefficient (Wildman–Crippen LogP) is 1.35. The van der Waals surface area contributed by atoms with E-state index in [1.165, 1.54) is 0 Å². The van der Waals surface area contributed by atoms with Gasteiger partial charge in [-0.15, -0.1) is 0 Å². The van der Waals surface area contributed by atoms with Crippen LogP contribution in [0.2, 0.25) is 6.04 Å². The molecule has 0 aromatic rings. The van der Waals surface area contributed by atoms with Gasteiger partial charge in [0, 0.05) is 14.2 Å². The van der Waals surface area contributed by atoms with Gasteiger partial charge < -0.3 is 18.3 Å². The van der Waals surface area contributed by atoms with Crippen molar-refractivity contribution in [3.63, 3.8) is 0 Å². The summed E-state index contributed by atoms with van der Waals surface area (Å²) in [6, 6.07) is 0.974. The fourth-order valence-electron chi connectivity index (χ4n) is 1.38. The van der Waals surface area contributed by atoms with E-state index in [9.17, 15) is 0 Å². The number of ether oxygens (including phenoxy) is 2. The lowest BCUT2D eigenvalue weighted by molar-refractivity contribution is 0.0368. The average molecular weight is 233 g/mol. The van der Waals surface area contributed by atoms with Crippen molar-refractivity contribution in [1.29, 1.82) is 0 Å². The Bertz CT molecular complexity index is 160. The highest BCUT2D eigenvalue weighted by Gasteiger charge is 2.24. The van der Waals surface area contributed by atoms with Gasteiger partial charge in [-0.1, -0.05) is 6.92 Å². The summed E-state index contributed by atoms with van der Waals surface area (Å²) < 4.78 is 21.3. The van der Waals surface area contributed by atoms with Gasteiger partial charge in [-0.2, -0.15) is 0 Å². The van der Waals surface area contributed by atoms with E-state index in [0.29, 0.717) is 12.2 Å². The van der Waals surface area contributed by atoms with Crippen molar-refractivity contribution in [2.45, 2.75) is 38.0 Å². The summed E-state index contributed by atoms with van der Waals surface area (Å²) in [5.41, 5.74) is 0. The molecule has 1 aliphatic rings. The summed E-state index contributed by atoms with van der Waals surface area (Å²) in [7, 11) is 2.35. The van der Waals surface area contributed by atoms with Crippen LogP contribution in [-0.4, -0.2) is 48.9 Å². The maximum Gasteiger partial charge on any atom is 0.384 e. The molecule has 0 spiro atoms. The number of hydrogen-bond acceptors (Lipinski definition) is 4. The first-order valence-electron chi connectivity index (χ1n) is 5.47. The molecule has 2 atom stereocenters. The molecule has 0 amide bonds. The van der Waals surface area contributed by atoms with Crippen molar-refractivity contribution in [2.24, 2.45) is 0 Å². The Morgan fingerprint density at radius 2 is 2.07 bits per heavy atom. The van der Waals surface area contributed by atoms with E-state index in [4.69, 9.17) is 18.3 Å². The first kappa shape index (κ1) is 13.1. The van der Waals surface area contributed by atoms with Gasteiger partial charge in [-0.3, -0.25) is 0 Å². The molecule has 0 saturated carbocycles. The van der Waals surface area contributed by atoms with Crippen LogP contribution in [0.3, 0.4) is 0 Å². The van der Waals surface area contributed by atoms with Crippen molar-refractivity contribution in [1.82, 2.24) is 0 Å². The van der Waals surface area contributed by atoms with Crippen molar-refractivity contribution in [2.75, 3.05) is 27.4 Å². The molecular formula is C10H21O4Si. The molecule has 0 bridgehead atoms. The van der Waals surface area contributed by atoms with Crippen molar-refractivity contribution < 1.29 is 18.3 Å². The Morgan fingerprint density at radius 1 is 1.40 bits per heavy atom. The second kappa shape index (κ2) is 7.35. The molecule has 1 aliphatic heterocycles. The predicted molar refractivity (Wildman–Crippen MR) is 59.0 cm³/mol. The molecule has 0 aromatic carbocycles. The lowest BCUT2D eigenvalue weighted by Crippen LogP contribution is -2.23. The highest BCUT2D eigenvalue weighted by Crippen LogP contribution is 2.14. The van der Waals surface area contributed by atoms with Gasteiger partial charge in [0.2, 0.25) is 0 Å². The maximum atomic E-state index is 5.73. The van der Waals surface area contributed by atoms with Crippen molar-refractivity contribution in [3.8, 4) is 0 Å². The zero-order valence-electron chi connectivity index (χ0n) is 9.82. The van der Waals surface area contributed by atoms with E-state index in [1.54, 1.807) is 14.2 Å². The van der Waals surface area contributed by atoms with Crippen molar-refractivity contribution >= 4 is 9.28 Å². The third kappa shape index (κ3) is 5.63. The first-order valence-corrected chi connectivity index (χ1v) is 6.99. The maximum absolute atomic E-state index is 5.73. The summed E-state index contributed by atoms with van der Waals surface area (Å²) in [4.78, 5) is 0. The van der Waals surface area contributed by atoms with Crippen LogP contribution in [-0.2, 0) is 18.3 Å². The van der Waals surface area contributed by atoms with Gasteiger partial charge in [0.25, 0.3) is 0 Å². The number of rotatable bonds is 9. The lowest BCUT2D eigenvalue weighted by Gasteiger charge is -2.17. The second-order valence-electron chi connectivity index (χ2n) is 3.64. The summed E-state index contributed by atoms with van der Waals surface area (Å²) in [5.74, 6) is 0.